The van der Waals surface area contributed by atoms with Gasteiger partial charge in [-0.2, -0.15) is 0 Å². The van der Waals surface area contributed by atoms with E-state index in [4.69, 9.17) is 4.98 Å². The fourth-order valence-electron chi connectivity index (χ4n) is 3.02. The van der Waals surface area contributed by atoms with Crippen molar-refractivity contribution in [3.8, 4) is 10.6 Å². The normalized spacial score (nSPS) is 17.2. The minimum Gasteiger partial charge on any atom is -0.303 e. The Bertz CT molecular complexity index is 889. The lowest BCUT2D eigenvalue weighted by molar-refractivity contribution is 0.627. The number of thiazole rings is 1. The van der Waals surface area contributed by atoms with Gasteiger partial charge in [-0.25, -0.2) is 4.98 Å². The Balaban J connectivity index is 1.31. The standard InChI is InChI=1S/C19H20N4S2/c1-12-2-4-14(5-3-12)18-20-15(10-24-18)11-25-19-22-21-17(13-6-7-13)23(19)16-8-9-16/h2-5,10,13,16H,6-9,11H2,1H3. The van der Waals surface area contributed by atoms with Gasteiger partial charge in [0.1, 0.15) is 10.8 Å². The molecular weight excluding hydrogens is 348 g/mol. The number of nitrogens with zero attached hydrogens (tertiary/aromatic N) is 4. The average Bonchev–Trinajstić information content (AvgIpc) is 3.55. The molecule has 0 saturated heterocycles. The van der Waals surface area contributed by atoms with Gasteiger partial charge < -0.3 is 4.57 Å². The Hall–Kier alpha value is -1.66. The van der Waals surface area contributed by atoms with E-state index in [9.17, 15) is 0 Å². The van der Waals surface area contributed by atoms with Crippen molar-refractivity contribution in [2.75, 3.05) is 0 Å². The van der Waals surface area contributed by atoms with Crippen molar-refractivity contribution < 1.29 is 0 Å². The summed E-state index contributed by atoms with van der Waals surface area (Å²) in [5.74, 6) is 2.75. The van der Waals surface area contributed by atoms with E-state index >= 15 is 0 Å². The van der Waals surface area contributed by atoms with E-state index in [-0.39, 0.29) is 0 Å². The molecule has 6 heteroatoms. The molecule has 2 aliphatic carbocycles. The molecule has 0 bridgehead atoms. The Morgan fingerprint density at radius 3 is 2.64 bits per heavy atom. The van der Waals surface area contributed by atoms with Crippen LogP contribution in [0.1, 0.15) is 54.7 Å². The highest BCUT2D eigenvalue weighted by molar-refractivity contribution is 7.98. The van der Waals surface area contributed by atoms with E-state index in [1.54, 1.807) is 23.1 Å². The third-order valence-corrected chi connectivity index (χ3v) is 6.66. The number of thioether (sulfide) groups is 1. The number of benzene rings is 1. The summed E-state index contributed by atoms with van der Waals surface area (Å²) in [6.45, 7) is 2.11. The quantitative estimate of drug-likeness (QED) is 0.560. The molecule has 0 radical (unpaired) electrons. The maximum Gasteiger partial charge on any atom is 0.191 e. The van der Waals surface area contributed by atoms with Gasteiger partial charge in [0.2, 0.25) is 0 Å². The molecule has 2 aromatic heterocycles. The zero-order chi connectivity index (χ0) is 16.8. The molecule has 0 unspecified atom stereocenters. The molecule has 2 saturated carbocycles. The maximum absolute atomic E-state index is 4.81. The van der Waals surface area contributed by atoms with Crippen LogP contribution in [-0.4, -0.2) is 19.7 Å². The topological polar surface area (TPSA) is 43.6 Å². The van der Waals surface area contributed by atoms with Crippen LogP contribution in [0.15, 0.2) is 34.8 Å². The van der Waals surface area contributed by atoms with Gasteiger partial charge in [-0.3, -0.25) is 0 Å². The molecule has 2 aliphatic rings. The molecule has 5 rings (SSSR count). The Morgan fingerprint density at radius 1 is 1.12 bits per heavy atom. The van der Waals surface area contributed by atoms with Crippen molar-refractivity contribution in [2.45, 2.75) is 55.5 Å². The molecule has 128 valence electrons. The predicted octanol–water partition coefficient (Wildman–Crippen LogP) is 5.21. The molecule has 0 N–H and O–H groups in total. The number of rotatable bonds is 6. The van der Waals surface area contributed by atoms with Crippen LogP contribution in [0.2, 0.25) is 0 Å². The van der Waals surface area contributed by atoms with Crippen molar-refractivity contribution >= 4 is 23.1 Å². The molecule has 0 spiro atoms. The second-order valence-corrected chi connectivity index (χ2v) is 8.82. The number of hydrogen-bond acceptors (Lipinski definition) is 5. The second-order valence-electron chi connectivity index (χ2n) is 7.01. The van der Waals surface area contributed by atoms with Crippen molar-refractivity contribution in [2.24, 2.45) is 0 Å². The lowest BCUT2D eigenvalue weighted by atomic mass is 10.2. The zero-order valence-corrected chi connectivity index (χ0v) is 15.8. The molecule has 0 atom stereocenters. The van der Waals surface area contributed by atoms with E-state index in [0.717, 1.165) is 21.6 Å². The first-order valence-corrected chi connectivity index (χ1v) is 10.7. The van der Waals surface area contributed by atoms with Crippen molar-refractivity contribution in [1.29, 1.82) is 0 Å². The molecule has 25 heavy (non-hydrogen) atoms. The van der Waals surface area contributed by atoms with Crippen LogP contribution in [0.3, 0.4) is 0 Å². The lowest BCUT2D eigenvalue weighted by Crippen LogP contribution is -2.01. The van der Waals surface area contributed by atoms with Crippen LogP contribution >= 0.6 is 23.1 Å². The Kier molecular flexibility index (Phi) is 3.90. The third kappa shape index (κ3) is 3.25. The van der Waals surface area contributed by atoms with Gasteiger partial charge in [0.25, 0.3) is 0 Å². The second kappa shape index (κ2) is 6.25. The summed E-state index contributed by atoms with van der Waals surface area (Å²) in [4.78, 5) is 4.81. The average molecular weight is 369 g/mol. The summed E-state index contributed by atoms with van der Waals surface area (Å²) in [5.41, 5.74) is 3.61. The molecule has 2 fully saturated rings. The van der Waals surface area contributed by atoms with Crippen LogP contribution in [-0.2, 0) is 5.75 Å². The first-order valence-electron chi connectivity index (χ1n) is 8.87. The summed E-state index contributed by atoms with van der Waals surface area (Å²) in [6, 6.07) is 9.23. The fourth-order valence-corrected chi connectivity index (χ4v) is 4.86. The van der Waals surface area contributed by atoms with Gasteiger partial charge in [0.15, 0.2) is 5.16 Å². The van der Waals surface area contributed by atoms with Gasteiger partial charge in [-0.15, -0.1) is 21.5 Å². The van der Waals surface area contributed by atoms with Crippen LogP contribution in [0.5, 0.6) is 0 Å². The smallest absolute Gasteiger partial charge is 0.191 e. The summed E-state index contributed by atoms with van der Waals surface area (Å²) in [5, 5.41) is 13.3. The molecule has 3 aromatic rings. The summed E-state index contributed by atoms with van der Waals surface area (Å²) in [7, 11) is 0. The maximum atomic E-state index is 4.81. The summed E-state index contributed by atoms with van der Waals surface area (Å²) < 4.78 is 2.41. The lowest BCUT2D eigenvalue weighted by Gasteiger charge is -2.07. The fraction of sp³-hybridized carbons (Fsp3) is 0.421. The highest BCUT2D eigenvalue weighted by atomic mass is 32.2. The van der Waals surface area contributed by atoms with Gasteiger partial charge in [-0.05, 0) is 32.6 Å². The third-order valence-electron chi connectivity index (χ3n) is 4.74. The Morgan fingerprint density at radius 2 is 1.92 bits per heavy atom. The number of aryl methyl sites for hydroxylation is 1. The molecule has 0 amide bonds. The molecule has 4 nitrogen and oxygen atoms in total. The van der Waals surface area contributed by atoms with E-state index in [2.05, 4.69) is 51.3 Å². The summed E-state index contributed by atoms with van der Waals surface area (Å²) in [6.07, 6.45) is 5.11. The monoisotopic (exact) mass is 368 g/mol. The van der Waals surface area contributed by atoms with E-state index in [0.29, 0.717) is 12.0 Å². The van der Waals surface area contributed by atoms with Gasteiger partial charge in [-0.1, -0.05) is 41.6 Å². The number of aromatic nitrogens is 4. The van der Waals surface area contributed by atoms with Crippen LogP contribution in [0, 0.1) is 6.92 Å². The van der Waals surface area contributed by atoms with Gasteiger partial charge in [0.05, 0.1) is 5.69 Å². The first kappa shape index (κ1) is 15.6. The zero-order valence-electron chi connectivity index (χ0n) is 14.2. The SMILES string of the molecule is Cc1ccc(-c2nc(CSc3nnc(C4CC4)n3C3CC3)cs2)cc1. The van der Waals surface area contributed by atoms with Crippen LogP contribution < -0.4 is 0 Å². The molecule has 2 heterocycles. The van der Waals surface area contributed by atoms with Crippen molar-refractivity contribution in [3.05, 3.63) is 46.7 Å². The minimum absolute atomic E-state index is 0.645. The van der Waals surface area contributed by atoms with Crippen molar-refractivity contribution in [1.82, 2.24) is 19.7 Å². The van der Waals surface area contributed by atoms with E-state index < -0.39 is 0 Å². The van der Waals surface area contributed by atoms with E-state index in [1.165, 1.54) is 42.6 Å². The van der Waals surface area contributed by atoms with Gasteiger partial charge in [0, 0.05) is 28.7 Å². The molecule has 0 aliphatic heterocycles. The first-order chi connectivity index (χ1) is 12.3. The van der Waals surface area contributed by atoms with Crippen molar-refractivity contribution in [3.63, 3.8) is 0 Å². The molecule has 1 aromatic carbocycles. The summed E-state index contributed by atoms with van der Waals surface area (Å²) >= 11 is 3.50. The van der Waals surface area contributed by atoms with Crippen LogP contribution in [0.4, 0.5) is 0 Å². The van der Waals surface area contributed by atoms with Crippen LogP contribution in [0.25, 0.3) is 10.6 Å². The number of hydrogen-bond donors (Lipinski definition) is 0. The highest BCUT2D eigenvalue weighted by Gasteiger charge is 2.36. The van der Waals surface area contributed by atoms with E-state index in [1.807, 2.05) is 0 Å². The minimum atomic E-state index is 0.645. The largest absolute Gasteiger partial charge is 0.303 e. The Labute approximate surface area is 155 Å². The molecular formula is C19H20N4S2. The van der Waals surface area contributed by atoms with Gasteiger partial charge >= 0.3 is 0 Å². The highest BCUT2D eigenvalue weighted by Crippen LogP contribution is 2.46. The predicted molar refractivity (Wildman–Crippen MR) is 102 cm³/mol.